The summed E-state index contributed by atoms with van der Waals surface area (Å²) in [6.07, 6.45) is 3.72. The number of rotatable bonds is 3. The van der Waals surface area contributed by atoms with Crippen molar-refractivity contribution in [1.82, 2.24) is 5.01 Å². The van der Waals surface area contributed by atoms with Crippen LogP contribution in [0.3, 0.4) is 0 Å². The Labute approximate surface area is 103 Å². The van der Waals surface area contributed by atoms with Crippen LogP contribution in [-0.4, -0.2) is 11.6 Å². The zero-order valence-electron chi connectivity index (χ0n) is 8.77. The molecule has 1 aromatic rings. The number of benzene rings is 1. The van der Waals surface area contributed by atoms with Crippen molar-refractivity contribution in [3.8, 4) is 0 Å². The first-order valence-corrected chi connectivity index (χ1v) is 5.79. The second kappa shape index (κ2) is 5.18. The van der Waals surface area contributed by atoms with Gasteiger partial charge in [-0.25, -0.2) is 5.84 Å². The van der Waals surface area contributed by atoms with Gasteiger partial charge in [0.05, 0.1) is 12.7 Å². The molecule has 1 aliphatic heterocycles. The number of nitrogens with two attached hydrogens (primary N) is 1. The molecule has 2 rings (SSSR count). The van der Waals surface area contributed by atoms with Gasteiger partial charge in [0.25, 0.3) is 0 Å². The molecule has 0 saturated heterocycles. The van der Waals surface area contributed by atoms with Crippen molar-refractivity contribution in [2.75, 3.05) is 6.54 Å². The molecule has 0 spiro atoms. The van der Waals surface area contributed by atoms with Crippen molar-refractivity contribution < 1.29 is 4.74 Å². The van der Waals surface area contributed by atoms with Crippen molar-refractivity contribution in [3.63, 3.8) is 0 Å². The number of hydrogen-bond acceptors (Lipinski definition) is 3. The third-order valence-electron chi connectivity index (χ3n) is 2.17. The first-order valence-electron chi connectivity index (χ1n) is 5.00. The number of halogens is 1. The topological polar surface area (TPSA) is 38.5 Å². The second-order valence-electron chi connectivity index (χ2n) is 3.57. The molecular weight excluding hydrogens is 268 g/mol. The van der Waals surface area contributed by atoms with Gasteiger partial charge in [0, 0.05) is 4.48 Å². The van der Waals surface area contributed by atoms with Gasteiger partial charge in [-0.2, -0.15) is 0 Å². The molecule has 0 unspecified atom stereocenters. The molecule has 3 nitrogen and oxygen atoms in total. The van der Waals surface area contributed by atoms with Crippen molar-refractivity contribution in [3.05, 3.63) is 58.4 Å². The summed E-state index contributed by atoms with van der Waals surface area (Å²) in [5.41, 5.74) is 1.14. The average Bonchev–Trinajstić information content (AvgIpc) is 2.27. The van der Waals surface area contributed by atoms with Crippen LogP contribution in [0, 0.1) is 0 Å². The van der Waals surface area contributed by atoms with E-state index >= 15 is 0 Å². The van der Waals surface area contributed by atoms with Crippen molar-refractivity contribution in [2.24, 2.45) is 5.84 Å². The maximum absolute atomic E-state index is 5.69. The summed E-state index contributed by atoms with van der Waals surface area (Å²) in [7, 11) is 0. The summed E-state index contributed by atoms with van der Waals surface area (Å²) in [5, 5.41) is 1.59. The van der Waals surface area contributed by atoms with Crippen molar-refractivity contribution >= 4 is 15.9 Å². The molecule has 16 heavy (non-hydrogen) atoms. The third kappa shape index (κ3) is 3.12. The highest BCUT2D eigenvalue weighted by Crippen LogP contribution is 2.18. The Balaban J connectivity index is 1.96. The molecule has 1 aromatic carbocycles. The van der Waals surface area contributed by atoms with Gasteiger partial charge < -0.3 is 9.75 Å². The Morgan fingerprint density at radius 1 is 1.31 bits per heavy atom. The van der Waals surface area contributed by atoms with Crippen LogP contribution < -0.4 is 5.84 Å². The zero-order chi connectivity index (χ0) is 11.4. The normalized spacial score (nSPS) is 15.5. The van der Waals surface area contributed by atoms with E-state index in [-0.39, 0.29) is 0 Å². The number of hydrogen-bond donors (Lipinski definition) is 1. The van der Waals surface area contributed by atoms with E-state index in [9.17, 15) is 0 Å². The van der Waals surface area contributed by atoms with Gasteiger partial charge in [0.15, 0.2) is 0 Å². The first-order chi connectivity index (χ1) is 7.74. The van der Waals surface area contributed by atoms with Crippen LogP contribution >= 0.6 is 15.9 Å². The van der Waals surface area contributed by atoms with Gasteiger partial charge in [-0.15, -0.1) is 0 Å². The number of allylic oxidation sites excluding steroid dienone is 1. The minimum atomic E-state index is 0.553. The van der Waals surface area contributed by atoms with E-state index in [0.717, 1.165) is 15.8 Å². The summed E-state index contributed by atoms with van der Waals surface area (Å²) in [5.74, 6) is 6.46. The molecular formula is C12H13BrN2O. The third-order valence-corrected chi connectivity index (χ3v) is 2.65. The number of nitrogens with zero attached hydrogens (tertiary/aromatic N) is 1. The Bertz CT molecular complexity index is 414. The molecule has 0 bridgehead atoms. The van der Waals surface area contributed by atoms with Gasteiger partial charge in [-0.3, -0.25) is 0 Å². The molecule has 1 heterocycles. The highest BCUT2D eigenvalue weighted by atomic mass is 79.9. The minimum Gasteiger partial charge on any atom is -0.487 e. The number of ether oxygens (including phenoxy) is 1. The molecule has 0 atom stereocenters. The maximum atomic E-state index is 5.69. The van der Waals surface area contributed by atoms with Gasteiger partial charge >= 0.3 is 0 Å². The minimum absolute atomic E-state index is 0.553. The Hall–Kier alpha value is -1.26. The standard InChI is InChI=1S/C12H13BrN2O/c13-11-6-12(8-15(14)7-11)16-9-10-4-2-1-3-5-10/h1-6,8H,7,9,14H2. The highest BCUT2D eigenvalue weighted by molar-refractivity contribution is 9.11. The predicted octanol–water partition coefficient (Wildman–Crippen LogP) is 2.51. The first kappa shape index (κ1) is 11.2. The molecule has 0 radical (unpaired) electrons. The van der Waals surface area contributed by atoms with Crippen LogP contribution in [0.4, 0.5) is 0 Å². The molecule has 1 aliphatic rings. The Morgan fingerprint density at radius 3 is 2.75 bits per heavy atom. The lowest BCUT2D eigenvalue weighted by atomic mass is 10.2. The van der Waals surface area contributed by atoms with E-state index in [2.05, 4.69) is 15.9 Å². The summed E-state index contributed by atoms with van der Waals surface area (Å²) in [6, 6.07) is 10.0. The summed E-state index contributed by atoms with van der Waals surface area (Å²) in [6.45, 7) is 1.23. The lowest BCUT2D eigenvalue weighted by Gasteiger charge is -2.20. The van der Waals surface area contributed by atoms with Crippen LogP contribution in [0.1, 0.15) is 5.56 Å². The van der Waals surface area contributed by atoms with Gasteiger partial charge in [-0.1, -0.05) is 46.3 Å². The average molecular weight is 281 g/mol. The van der Waals surface area contributed by atoms with E-state index in [1.54, 1.807) is 11.2 Å². The molecule has 0 aliphatic carbocycles. The lowest BCUT2D eigenvalue weighted by Crippen LogP contribution is -2.29. The fraction of sp³-hybridized carbons (Fsp3) is 0.167. The highest BCUT2D eigenvalue weighted by Gasteiger charge is 2.08. The largest absolute Gasteiger partial charge is 0.487 e. The van der Waals surface area contributed by atoms with Gasteiger partial charge in [0.1, 0.15) is 12.4 Å². The van der Waals surface area contributed by atoms with Crippen LogP contribution in [0.15, 0.2) is 52.8 Å². The van der Waals surface area contributed by atoms with E-state index < -0.39 is 0 Å². The van der Waals surface area contributed by atoms with Crippen LogP contribution in [0.5, 0.6) is 0 Å². The van der Waals surface area contributed by atoms with Gasteiger partial charge in [-0.05, 0) is 11.6 Å². The van der Waals surface area contributed by atoms with Crippen molar-refractivity contribution in [2.45, 2.75) is 6.61 Å². The summed E-state index contributed by atoms with van der Waals surface area (Å²) >= 11 is 3.41. The summed E-state index contributed by atoms with van der Waals surface area (Å²) in [4.78, 5) is 0. The van der Waals surface area contributed by atoms with Gasteiger partial charge in [0.2, 0.25) is 0 Å². The molecule has 4 heteroatoms. The fourth-order valence-corrected chi connectivity index (χ4v) is 1.96. The van der Waals surface area contributed by atoms with E-state index in [1.807, 2.05) is 36.4 Å². The van der Waals surface area contributed by atoms with E-state index in [1.165, 1.54) is 0 Å². The van der Waals surface area contributed by atoms with Crippen molar-refractivity contribution in [1.29, 1.82) is 0 Å². The SMILES string of the molecule is NN1C=C(OCc2ccccc2)C=C(Br)C1. The van der Waals surface area contributed by atoms with Crippen LogP contribution in [-0.2, 0) is 11.3 Å². The fourth-order valence-electron chi connectivity index (χ4n) is 1.44. The van der Waals surface area contributed by atoms with E-state index in [4.69, 9.17) is 10.6 Å². The molecule has 0 aromatic heterocycles. The zero-order valence-corrected chi connectivity index (χ0v) is 10.4. The lowest BCUT2D eigenvalue weighted by molar-refractivity contribution is 0.199. The Kier molecular flexibility index (Phi) is 3.64. The molecule has 2 N–H and O–H groups in total. The smallest absolute Gasteiger partial charge is 0.137 e. The molecule has 0 fully saturated rings. The monoisotopic (exact) mass is 280 g/mol. The maximum Gasteiger partial charge on any atom is 0.137 e. The Morgan fingerprint density at radius 2 is 2.06 bits per heavy atom. The summed E-state index contributed by atoms with van der Waals surface area (Å²) < 4.78 is 6.66. The van der Waals surface area contributed by atoms with Crippen LogP contribution in [0.25, 0.3) is 0 Å². The second-order valence-corrected chi connectivity index (χ2v) is 4.59. The van der Waals surface area contributed by atoms with E-state index in [0.29, 0.717) is 13.2 Å². The molecule has 0 amide bonds. The molecule has 84 valence electrons. The van der Waals surface area contributed by atoms with Crippen LogP contribution in [0.2, 0.25) is 0 Å². The predicted molar refractivity (Wildman–Crippen MR) is 67.2 cm³/mol. The quantitative estimate of drug-likeness (QED) is 0.865. The molecule has 0 saturated carbocycles. The number of hydrazine groups is 1.